The minimum Gasteiger partial charge on any atom is -0.390 e. The lowest BCUT2D eigenvalue weighted by Gasteiger charge is -2.42. The molecular weight excluding hydrogens is 324 g/mol. The van der Waals surface area contributed by atoms with Gasteiger partial charge in [0.2, 0.25) is 0 Å². The maximum Gasteiger partial charge on any atom is 0.159 e. The molecule has 3 aliphatic heterocycles. The molecule has 0 saturated carbocycles. The Hall–Kier alpha value is -0.790. The molecule has 0 radical (unpaired) electrons. The molecule has 0 spiro atoms. The SMILES string of the molecule is CC1=CC(=O)[C@H]2[C@H]3[C@@H]1[C@@H]1C[C@@H](O)[C@H](O)C[C@@H](O)[C@](C)(OC[C@@H]2C)[C@H]3O1. The molecule has 3 heterocycles. The predicted molar refractivity (Wildman–Crippen MR) is 88.7 cm³/mol. The smallest absolute Gasteiger partial charge is 0.159 e. The van der Waals surface area contributed by atoms with Crippen molar-refractivity contribution in [3.63, 3.8) is 0 Å². The first-order chi connectivity index (χ1) is 11.7. The third-order valence-corrected chi connectivity index (χ3v) is 7.00. The topological polar surface area (TPSA) is 96.2 Å². The summed E-state index contributed by atoms with van der Waals surface area (Å²) in [6.07, 6.45) is -1.65. The molecule has 0 unspecified atom stereocenters. The standard InChI is InChI=1S/C19H28O6/c1-8-4-12(22)15-9(2)7-24-19(3)14(23)6-11(21)10(20)5-13-16(8)17(15)18(19)25-13/h4,9-11,13-18,20-21,23H,5-7H2,1-3H3/t9-,10+,11+,13-,14+,15-,16-,17-,18-,19-/m0/s1. The molecule has 3 fully saturated rings. The average molecular weight is 352 g/mol. The Morgan fingerprint density at radius 2 is 1.84 bits per heavy atom. The highest BCUT2D eigenvalue weighted by Gasteiger charge is 2.63. The zero-order valence-corrected chi connectivity index (χ0v) is 15.0. The van der Waals surface area contributed by atoms with Gasteiger partial charge < -0.3 is 24.8 Å². The minimum atomic E-state index is -1.03. The van der Waals surface area contributed by atoms with Crippen LogP contribution in [-0.4, -0.2) is 63.8 Å². The number of aliphatic hydroxyl groups excluding tert-OH is 3. The van der Waals surface area contributed by atoms with Crippen LogP contribution < -0.4 is 0 Å². The van der Waals surface area contributed by atoms with Gasteiger partial charge in [0.1, 0.15) is 5.60 Å². The van der Waals surface area contributed by atoms with Crippen LogP contribution in [0, 0.1) is 23.7 Å². The predicted octanol–water partition coefficient (Wildman–Crippen LogP) is 0.433. The Balaban J connectivity index is 1.86. The number of rotatable bonds is 0. The molecule has 10 atom stereocenters. The van der Waals surface area contributed by atoms with E-state index in [0.29, 0.717) is 13.0 Å². The lowest BCUT2D eigenvalue weighted by molar-refractivity contribution is -0.187. The Morgan fingerprint density at radius 3 is 2.56 bits per heavy atom. The molecule has 25 heavy (non-hydrogen) atoms. The highest BCUT2D eigenvalue weighted by Crippen LogP contribution is 2.54. The van der Waals surface area contributed by atoms with Gasteiger partial charge in [0.15, 0.2) is 5.78 Å². The molecule has 6 heteroatoms. The number of carbonyl (C=O) groups excluding carboxylic acids is 1. The molecule has 4 aliphatic rings. The summed E-state index contributed by atoms with van der Waals surface area (Å²) >= 11 is 0. The zero-order valence-electron chi connectivity index (χ0n) is 15.0. The van der Waals surface area contributed by atoms with Crippen molar-refractivity contribution in [3.8, 4) is 0 Å². The van der Waals surface area contributed by atoms with Crippen molar-refractivity contribution in [1.82, 2.24) is 0 Å². The van der Waals surface area contributed by atoms with E-state index in [2.05, 4.69) is 0 Å². The summed E-state index contributed by atoms with van der Waals surface area (Å²) in [4.78, 5) is 12.8. The molecule has 140 valence electrons. The van der Waals surface area contributed by atoms with Crippen LogP contribution in [0.15, 0.2) is 11.6 Å². The van der Waals surface area contributed by atoms with Crippen molar-refractivity contribution in [2.45, 2.75) is 69.7 Å². The van der Waals surface area contributed by atoms with E-state index in [0.717, 1.165) is 5.57 Å². The summed E-state index contributed by atoms with van der Waals surface area (Å²) < 4.78 is 12.5. The Kier molecular flexibility index (Phi) is 4.13. The molecule has 3 N–H and O–H groups in total. The van der Waals surface area contributed by atoms with Crippen LogP contribution in [0.5, 0.6) is 0 Å². The van der Waals surface area contributed by atoms with E-state index in [4.69, 9.17) is 9.47 Å². The van der Waals surface area contributed by atoms with E-state index in [1.807, 2.05) is 20.8 Å². The number of aliphatic hydroxyl groups is 3. The number of ketones is 1. The van der Waals surface area contributed by atoms with Crippen LogP contribution in [0.25, 0.3) is 0 Å². The molecule has 0 amide bonds. The first-order valence-corrected chi connectivity index (χ1v) is 9.29. The highest BCUT2D eigenvalue weighted by molar-refractivity contribution is 5.94. The fourth-order valence-electron chi connectivity index (χ4n) is 5.59. The largest absolute Gasteiger partial charge is 0.390 e. The third-order valence-electron chi connectivity index (χ3n) is 7.00. The van der Waals surface area contributed by atoms with Crippen LogP contribution in [0.2, 0.25) is 0 Å². The molecular formula is C19H28O6. The monoisotopic (exact) mass is 352 g/mol. The first-order valence-electron chi connectivity index (χ1n) is 9.29. The van der Waals surface area contributed by atoms with Crippen LogP contribution in [0.1, 0.15) is 33.6 Å². The van der Waals surface area contributed by atoms with Crippen LogP contribution in [-0.2, 0) is 14.3 Å². The van der Waals surface area contributed by atoms with E-state index in [1.165, 1.54) is 0 Å². The van der Waals surface area contributed by atoms with E-state index < -0.39 is 30.0 Å². The van der Waals surface area contributed by atoms with Crippen molar-refractivity contribution in [2.75, 3.05) is 6.61 Å². The van der Waals surface area contributed by atoms with Gasteiger partial charge in [-0.15, -0.1) is 0 Å². The number of carbonyl (C=O) groups is 1. The van der Waals surface area contributed by atoms with Gasteiger partial charge in [0, 0.05) is 30.6 Å². The Labute approximate surface area is 147 Å². The van der Waals surface area contributed by atoms with Crippen molar-refractivity contribution in [3.05, 3.63) is 11.6 Å². The van der Waals surface area contributed by atoms with E-state index >= 15 is 0 Å². The normalized spacial score (nSPS) is 55.7. The number of allylic oxidation sites excluding steroid dienone is 1. The second kappa shape index (κ2) is 5.86. The molecule has 6 nitrogen and oxygen atoms in total. The summed E-state index contributed by atoms with van der Waals surface area (Å²) in [5.74, 6) is -0.121. The summed E-state index contributed by atoms with van der Waals surface area (Å²) in [6.45, 7) is 6.14. The average Bonchev–Trinajstić information content (AvgIpc) is 2.87. The van der Waals surface area contributed by atoms with Crippen molar-refractivity contribution in [1.29, 1.82) is 0 Å². The summed E-state index contributed by atoms with van der Waals surface area (Å²) in [5.41, 5.74) is -0.0455. The van der Waals surface area contributed by atoms with Gasteiger partial charge in [-0.3, -0.25) is 4.79 Å². The van der Waals surface area contributed by atoms with Gasteiger partial charge in [0.25, 0.3) is 0 Å². The Bertz CT molecular complexity index is 603. The molecule has 2 bridgehead atoms. The maximum absolute atomic E-state index is 12.8. The molecule has 0 aromatic rings. The quantitative estimate of drug-likeness (QED) is 0.585. The maximum atomic E-state index is 12.8. The van der Waals surface area contributed by atoms with Crippen LogP contribution >= 0.6 is 0 Å². The number of fused-ring (bicyclic) bond motifs is 2. The lowest BCUT2D eigenvalue weighted by atomic mass is 9.62. The first kappa shape index (κ1) is 17.6. The second-order valence-electron chi connectivity index (χ2n) is 8.61. The number of hydrogen-bond acceptors (Lipinski definition) is 6. The fourth-order valence-corrected chi connectivity index (χ4v) is 5.59. The number of hydrogen-bond donors (Lipinski definition) is 3. The lowest BCUT2D eigenvalue weighted by Crippen LogP contribution is -2.56. The van der Waals surface area contributed by atoms with E-state index in [9.17, 15) is 20.1 Å². The van der Waals surface area contributed by atoms with Crippen molar-refractivity contribution in [2.24, 2.45) is 23.7 Å². The molecule has 0 aromatic carbocycles. The van der Waals surface area contributed by atoms with Gasteiger partial charge in [-0.2, -0.15) is 0 Å². The van der Waals surface area contributed by atoms with Gasteiger partial charge in [-0.05, 0) is 25.8 Å². The molecule has 3 saturated heterocycles. The third kappa shape index (κ3) is 2.46. The summed E-state index contributed by atoms with van der Waals surface area (Å²) in [7, 11) is 0. The fraction of sp³-hybridized carbons (Fsp3) is 0.842. The van der Waals surface area contributed by atoms with Crippen LogP contribution in [0.3, 0.4) is 0 Å². The molecule has 0 aromatic heterocycles. The summed E-state index contributed by atoms with van der Waals surface area (Å²) in [6, 6.07) is 0. The number of ether oxygens (including phenoxy) is 2. The van der Waals surface area contributed by atoms with E-state index in [-0.39, 0.29) is 42.0 Å². The minimum absolute atomic E-state index is 0.00308. The van der Waals surface area contributed by atoms with Gasteiger partial charge >= 0.3 is 0 Å². The van der Waals surface area contributed by atoms with Crippen LogP contribution in [0.4, 0.5) is 0 Å². The van der Waals surface area contributed by atoms with Crippen molar-refractivity contribution >= 4 is 5.78 Å². The Morgan fingerprint density at radius 1 is 1.16 bits per heavy atom. The second-order valence-corrected chi connectivity index (χ2v) is 8.61. The van der Waals surface area contributed by atoms with Gasteiger partial charge in [0.05, 0.1) is 37.1 Å². The summed E-state index contributed by atoms with van der Waals surface area (Å²) in [5, 5.41) is 31.5. The zero-order chi connectivity index (χ0) is 18.1. The highest BCUT2D eigenvalue weighted by atomic mass is 16.6. The van der Waals surface area contributed by atoms with E-state index in [1.54, 1.807) is 6.08 Å². The molecule has 1 aliphatic carbocycles. The van der Waals surface area contributed by atoms with Gasteiger partial charge in [-0.1, -0.05) is 12.5 Å². The van der Waals surface area contributed by atoms with Gasteiger partial charge in [-0.25, -0.2) is 0 Å². The molecule has 4 rings (SSSR count). The van der Waals surface area contributed by atoms with Crippen molar-refractivity contribution < 1.29 is 29.6 Å².